The number of ether oxygens (including phenoxy) is 2. The van der Waals surface area contributed by atoms with Crippen molar-refractivity contribution in [3.63, 3.8) is 0 Å². The number of hydrogen-bond donors (Lipinski definition) is 0. The quantitative estimate of drug-likeness (QED) is 0.255. The molecule has 0 N–H and O–H groups in total. The highest BCUT2D eigenvalue weighted by Crippen LogP contribution is 2.38. The van der Waals surface area contributed by atoms with E-state index in [1.165, 1.54) is 0 Å². The Bertz CT molecular complexity index is 1190. The number of alkyl halides is 3. The molecule has 34 heavy (non-hydrogen) atoms. The van der Waals surface area contributed by atoms with Crippen molar-refractivity contribution in [1.29, 1.82) is 5.26 Å². The van der Waals surface area contributed by atoms with Gasteiger partial charge < -0.3 is 9.47 Å². The van der Waals surface area contributed by atoms with Gasteiger partial charge in [0.05, 0.1) is 29.2 Å². The third kappa shape index (κ3) is 6.65. The van der Waals surface area contributed by atoms with Gasteiger partial charge >= 0.3 is 12.1 Å². The summed E-state index contributed by atoms with van der Waals surface area (Å²) in [6.07, 6.45) is -4.77. The lowest BCUT2D eigenvalue weighted by atomic mass is 10.1. The molecule has 0 aliphatic carbocycles. The molecule has 0 fully saturated rings. The molecule has 0 aliphatic rings. The number of rotatable bonds is 8. The molecule has 0 saturated heterocycles. The fourth-order valence-corrected chi connectivity index (χ4v) is 3.83. The molecule has 3 rings (SSSR count). The number of carbonyl (C=O) groups excluding carboxylic acids is 1. The first-order valence-corrected chi connectivity index (χ1v) is 11.4. The summed E-state index contributed by atoms with van der Waals surface area (Å²) < 4.78 is 51.5. The molecule has 1 heterocycles. The van der Waals surface area contributed by atoms with Crippen LogP contribution in [0.2, 0.25) is 5.02 Å². The van der Waals surface area contributed by atoms with Crippen LogP contribution in [0.4, 0.5) is 13.2 Å². The van der Waals surface area contributed by atoms with Crippen LogP contribution >= 0.6 is 23.4 Å². The summed E-state index contributed by atoms with van der Waals surface area (Å²) in [5.74, 6) is -0.368. The van der Waals surface area contributed by atoms with Crippen molar-refractivity contribution >= 4 is 29.3 Å². The number of esters is 1. The van der Waals surface area contributed by atoms with Crippen LogP contribution in [0, 0.1) is 11.3 Å². The number of carbonyl (C=O) groups is 1. The Labute approximate surface area is 203 Å². The monoisotopic (exact) mass is 506 g/mol. The lowest BCUT2D eigenvalue weighted by Crippen LogP contribution is -2.12. The minimum absolute atomic E-state index is 0.0157. The first kappa shape index (κ1) is 25.4. The molecule has 0 spiro atoms. The number of benzene rings is 2. The van der Waals surface area contributed by atoms with Crippen molar-refractivity contribution in [2.24, 2.45) is 0 Å². The van der Waals surface area contributed by atoms with Gasteiger partial charge in [-0.05, 0) is 55.0 Å². The highest BCUT2D eigenvalue weighted by Gasteiger charge is 2.36. The maximum absolute atomic E-state index is 13.7. The molecule has 1 aromatic heterocycles. The molecule has 0 saturated carbocycles. The molecule has 0 unspecified atom stereocenters. The zero-order valence-electron chi connectivity index (χ0n) is 17.9. The predicted molar refractivity (Wildman–Crippen MR) is 123 cm³/mol. The van der Waals surface area contributed by atoms with Crippen LogP contribution in [-0.4, -0.2) is 23.3 Å². The second-order valence-electron chi connectivity index (χ2n) is 6.88. The van der Waals surface area contributed by atoms with Crippen molar-refractivity contribution in [3.05, 3.63) is 76.3 Å². The maximum atomic E-state index is 13.7. The second kappa shape index (κ2) is 11.3. The standard InChI is InChI=1S/C24H18ClF3N2O3S/c1-2-32-22(31)14-34-23-19(12-29)20(24(26,27)28)11-21(30-23)16-5-9-18(10-6-16)33-13-15-3-7-17(25)8-4-15/h3-11H,2,13-14H2,1H3. The van der Waals surface area contributed by atoms with Crippen LogP contribution in [0.1, 0.15) is 23.6 Å². The summed E-state index contributed by atoms with van der Waals surface area (Å²) >= 11 is 6.59. The third-order valence-corrected chi connectivity index (χ3v) is 5.71. The fraction of sp³-hybridized carbons (Fsp3) is 0.208. The van der Waals surface area contributed by atoms with E-state index in [4.69, 9.17) is 21.1 Å². The van der Waals surface area contributed by atoms with Crippen molar-refractivity contribution < 1.29 is 27.4 Å². The summed E-state index contributed by atoms with van der Waals surface area (Å²) in [6, 6.07) is 15.9. The van der Waals surface area contributed by atoms with E-state index >= 15 is 0 Å². The van der Waals surface area contributed by atoms with Crippen LogP contribution in [0.25, 0.3) is 11.3 Å². The smallest absolute Gasteiger partial charge is 0.417 e. The van der Waals surface area contributed by atoms with Gasteiger partial charge in [0.1, 0.15) is 23.5 Å². The molecular weight excluding hydrogens is 489 g/mol. The number of thioether (sulfide) groups is 1. The van der Waals surface area contributed by atoms with E-state index in [0.717, 1.165) is 23.4 Å². The number of pyridine rings is 1. The van der Waals surface area contributed by atoms with Crippen molar-refractivity contribution in [2.45, 2.75) is 24.7 Å². The van der Waals surface area contributed by atoms with Gasteiger partial charge in [0, 0.05) is 10.6 Å². The van der Waals surface area contributed by atoms with Crippen LogP contribution in [-0.2, 0) is 22.3 Å². The van der Waals surface area contributed by atoms with E-state index in [9.17, 15) is 23.2 Å². The lowest BCUT2D eigenvalue weighted by molar-refractivity contribution is -0.140. The zero-order valence-corrected chi connectivity index (χ0v) is 19.4. The number of nitriles is 1. The average Bonchev–Trinajstić information content (AvgIpc) is 2.81. The lowest BCUT2D eigenvalue weighted by Gasteiger charge is -2.14. The molecule has 5 nitrogen and oxygen atoms in total. The largest absolute Gasteiger partial charge is 0.489 e. The zero-order chi connectivity index (χ0) is 24.7. The van der Waals surface area contributed by atoms with Gasteiger partial charge in [-0.25, -0.2) is 4.98 Å². The molecule has 0 radical (unpaired) electrons. The minimum atomic E-state index is -4.77. The van der Waals surface area contributed by atoms with Crippen molar-refractivity contribution in [1.82, 2.24) is 4.98 Å². The van der Waals surface area contributed by atoms with Gasteiger partial charge in [-0.2, -0.15) is 18.4 Å². The fourth-order valence-electron chi connectivity index (χ4n) is 2.90. The summed E-state index contributed by atoms with van der Waals surface area (Å²) in [7, 11) is 0. The van der Waals surface area contributed by atoms with E-state index in [-0.39, 0.29) is 23.1 Å². The maximum Gasteiger partial charge on any atom is 0.417 e. The number of halogens is 4. The molecule has 2 aromatic carbocycles. The Morgan fingerprint density at radius 3 is 2.41 bits per heavy atom. The molecule has 176 valence electrons. The van der Waals surface area contributed by atoms with Crippen molar-refractivity contribution in [3.8, 4) is 23.1 Å². The Kier molecular flexibility index (Phi) is 8.42. The summed E-state index contributed by atoms with van der Waals surface area (Å²) in [6.45, 7) is 2.05. The first-order valence-electron chi connectivity index (χ1n) is 9.99. The normalized spacial score (nSPS) is 11.1. The minimum Gasteiger partial charge on any atom is -0.489 e. The summed E-state index contributed by atoms with van der Waals surface area (Å²) in [5, 5.41) is 9.77. The molecule has 0 atom stereocenters. The van der Waals surface area contributed by atoms with E-state index in [1.54, 1.807) is 49.4 Å². The molecule has 0 bridgehead atoms. The molecule has 0 amide bonds. The predicted octanol–water partition coefficient (Wildman–Crippen LogP) is 6.53. The summed E-state index contributed by atoms with van der Waals surface area (Å²) in [4.78, 5) is 15.9. The third-order valence-electron chi connectivity index (χ3n) is 4.50. The SMILES string of the molecule is CCOC(=O)CSc1nc(-c2ccc(OCc3ccc(Cl)cc3)cc2)cc(C(F)(F)F)c1C#N. The second-order valence-corrected chi connectivity index (χ2v) is 8.28. The van der Waals surface area contributed by atoms with Crippen LogP contribution in [0.3, 0.4) is 0 Å². The van der Waals surface area contributed by atoms with Crippen molar-refractivity contribution in [2.75, 3.05) is 12.4 Å². The summed E-state index contributed by atoms with van der Waals surface area (Å²) in [5.41, 5.74) is -0.433. The number of hydrogen-bond acceptors (Lipinski definition) is 6. The van der Waals surface area contributed by atoms with Gasteiger partial charge in [-0.3, -0.25) is 4.79 Å². The van der Waals surface area contributed by atoms with Gasteiger partial charge in [-0.15, -0.1) is 0 Å². The highest BCUT2D eigenvalue weighted by atomic mass is 35.5. The Morgan fingerprint density at radius 1 is 1.15 bits per heavy atom. The van der Waals surface area contributed by atoms with E-state index in [0.29, 0.717) is 22.9 Å². The van der Waals surface area contributed by atoms with Crippen LogP contribution in [0.15, 0.2) is 59.6 Å². The topological polar surface area (TPSA) is 72.2 Å². The van der Waals surface area contributed by atoms with Gasteiger partial charge in [0.2, 0.25) is 0 Å². The molecule has 3 aromatic rings. The van der Waals surface area contributed by atoms with Gasteiger partial charge in [-0.1, -0.05) is 35.5 Å². The van der Waals surface area contributed by atoms with E-state index in [2.05, 4.69) is 4.98 Å². The Balaban J connectivity index is 1.87. The molecular formula is C24H18ClF3N2O3S. The van der Waals surface area contributed by atoms with E-state index < -0.39 is 23.3 Å². The first-order chi connectivity index (χ1) is 16.2. The van der Waals surface area contributed by atoms with E-state index in [1.807, 2.05) is 12.1 Å². The van der Waals surface area contributed by atoms with Gasteiger partial charge in [0.15, 0.2) is 0 Å². The van der Waals surface area contributed by atoms with Gasteiger partial charge in [0.25, 0.3) is 0 Å². The Morgan fingerprint density at radius 2 is 1.82 bits per heavy atom. The van der Waals surface area contributed by atoms with Crippen LogP contribution in [0.5, 0.6) is 5.75 Å². The number of nitrogens with zero attached hydrogens (tertiary/aromatic N) is 2. The molecule has 10 heteroatoms. The highest BCUT2D eigenvalue weighted by molar-refractivity contribution is 7.99. The molecule has 0 aliphatic heterocycles. The van der Waals surface area contributed by atoms with Crippen LogP contribution < -0.4 is 4.74 Å². The Hall–Kier alpha value is -3.22. The number of aromatic nitrogens is 1. The average molecular weight is 507 g/mol.